The number of ether oxygens (including phenoxy) is 2. The summed E-state index contributed by atoms with van der Waals surface area (Å²) in [6.45, 7) is 30.7. The van der Waals surface area contributed by atoms with Crippen LogP contribution in [0.5, 0.6) is 11.5 Å². The lowest BCUT2D eigenvalue weighted by Gasteiger charge is -2.30. The Balaban J connectivity index is 1.62. The minimum absolute atomic E-state index is 0.0231. The van der Waals surface area contributed by atoms with E-state index in [1.54, 1.807) is 0 Å². The Kier molecular flexibility index (Phi) is 52.1. The van der Waals surface area contributed by atoms with Gasteiger partial charge < -0.3 is 27.6 Å². The van der Waals surface area contributed by atoms with E-state index in [4.69, 9.17) is 27.6 Å². The van der Waals surface area contributed by atoms with Crippen LogP contribution in [-0.2, 0) is 28.9 Å². The minimum atomic E-state index is -0.0231. The molecular formula is C78H144O6P2. The minimum Gasteiger partial charge on any atom is -0.493 e. The van der Waals surface area contributed by atoms with Crippen molar-refractivity contribution in [2.45, 2.75) is 388 Å². The van der Waals surface area contributed by atoms with Crippen LogP contribution in [0.25, 0.3) is 0 Å². The summed E-state index contributed by atoms with van der Waals surface area (Å²) in [4.78, 5) is 0. The molecule has 0 radical (unpaired) electrons. The number of hydrogen-bond acceptors (Lipinski definition) is 6. The van der Waals surface area contributed by atoms with E-state index in [2.05, 4.69) is 100 Å². The molecule has 2 atom stereocenters. The van der Waals surface area contributed by atoms with Crippen molar-refractivity contribution in [3.63, 3.8) is 0 Å². The van der Waals surface area contributed by atoms with Crippen molar-refractivity contribution < 1.29 is 27.6 Å². The Hall–Kier alpha value is -1.26. The highest BCUT2D eigenvalue weighted by Gasteiger charge is 2.28. The quantitative estimate of drug-likeness (QED) is 0.0486. The van der Waals surface area contributed by atoms with Gasteiger partial charge in [0.25, 0.3) is 0 Å². The molecule has 2 aromatic rings. The molecule has 0 heterocycles. The predicted octanol–water partition coefficient (Wildman–Crippen LogP) is 26.9. The summed E-state index contributed by atoms with van der Waals surface area (Å²) in [6, 6.07) is 9.78. The van der Waals surface area contributed by atoms with E-state index in [1.807, 2.05) is 0 Å². The second-order valence-electron chi connectivity index (χ2n) is 28.4. The van der Waals surface area contributed by atoms with E-state index in [0.717, 1.165) is 89.7 Å². The maximum absolute atomic E-state index is 6.70. The van der Waals surface area contributed by atoms with Crippen molar-refractivity contribution in [3.8, 4) is 11.5 Å². The molecule has 502 valence electrons. The van der Waals surface area contributed by atoms with E-state index in [-0.39, 0.29) is 28.9 Å². The van der Waals surface area contributed by atoms with Crippen LogP contribution in [0.4, 0.5) is 0 Å². The molecule has 86 heavy (non-hydrogen) atoms. The summed E-state index contributed by atoms with van der Waals surface area (Å²) in [5, 5.41) is 0. The van der Waals surface area contributed by atoms with Crippen LogP contribution in [-0.4, -0.2) is 39.6 Å². The summed E-state index contributed by atoms with van der Waals surface area (Å²) in [7, 11) is 0.440. The van der Waals surface area contributed by atoms with Crippen LogP contribution in [0.3, 0.4) is 0 Å². The zero-order valence-electron chi connectivity index (χ0n) is 59.1. The zero-order valence-corrected chi connectivity index (χ0v) is 61.1. The van der Waals surface area contributed by atoms with Gasteiger partial charge in [0.1, 0.15) is 11.5 Å². The van der Waals surface area contributed by atoms with Gasteiger partial charge in [-0.2, -0.15) is 0 Å². The lowest BCUT2D eigenvalue weighted by atomic mass is 9.76. The van der Waals surface area contributed by atoms with Gasteiger partial charge in [0.2, 0.25) is 0 Å². The van der Waals surface area contributed by atoms with E-state index in [0.29, 0.717) is 5.92 Å². The third-order valence-electron chi connectivity index (χ3n) is 17.9. The van der Waals surface area contributed by atoms with Gasteiger partial charge in [0.15, 0.2) is 18.1 Å². The second-order valence-corrected chi connectivity index (χ2v) is 29.8. The standard InChI is InChI=1S/C78H144O6P2/c1-12-15-17-19-21-23-27-35-41-47-53-60-81-85-83-62-55-49-43-37-31-25-29-33-39-45-51-58-79-75-64-68(4)71(66-73(75)77(6,7)8)70(57-14-3)72-67-74(78(9,10)11)76(65-69(72)5)80-59-52-46-40-34-30-26-32-38-44-50-56-63-84-86-82-61-54-48-42-36-28-24-22-20-18-16-13-2/h64-67,70,85-86H,12-63H2,1-11H3. The molecule has 0 saturated heterocycles. The third kappa shape index (κ3) is 42.7. The molecule has 6 nitrogen and oxygen atoms in total. The molecule has 0 aliphatic carbocycles. The zero-order chi connectivity index (χ0) is 62.5. The smallest absolute Gasteiger partial charge is 0.155 e. The van der Waals surface area contributed by atoms with Gasteiger partial charge in [-0.25, -0.2) is 0 Å². The largest absolute Gasteiger partial charge is 0.493 e. The van der Waals surface area contributed by atoms with Crippen molar-refractivity contribution in [2.24, 2.45) is 0 Å². The fourth-order valence-corrected chi connectivity index (χ4v) is 13.4. The van der Waals surface area contributed by atoms with Gasteiger partial charge in [-0.05, 0) is 115 Å². The van der Waals surface area contributed by atoms with Crippen LogP contribution in [0.15, 0.2) is 24.3 Å². The molecule has 2 rings (SSSR count). The first-order valence-electron chi connectivity index (χ1n) is 37.4. The average molecular weight is 1240 g/mol. The molecule has 0 saturated carbocycles. The average Bonchev–Trinajstić information content (AvgIpc) is 1.90. The van der Waals surface area contributed by atoms with Crippen LogP contribution >= 0.6 is 18.1 Å². The first-order valence-corrected chi connectivity index (χ1v) is 39.0. The first kappa shape index (κ1) is 80.8. The van der Waals surface area contributed by atoms with Gasteiger partial charge in [-0.1, -0.05) is 325 Å². The number of benzene rings is 2. The van der Waals surface area contributed by atoms with Crippen molar-refractivity contribution in [1.82, 2.24) is 0 Å². The van der Waals surface area contributed by atoms with Gasteiger partial charge in [-0.15, -0.1) is 0 Å². The first-order chi connectivity index (χ1) is 41.8. The van der Waals surface area contributed by atoms with Crippen molar-refractivity contribution in [3.05, 3.63) is 57.6 Å². The highest BCUT2D eigenvalue weighted by molar-refractivity contribution is 7.26. The van der Waals surface area contributed by atoms with Gasteiger partial charge in [-0.3, -0.25) is 0 Å². The molecule has 0 amide bonds. The Morgan fingerprint density at radius 3 is 0.733 bits per heavy atom. The molecule has 0 aliphatic rings. The summed E-state index contributed by atoms with van der Waals surface area (Å²) in [5.41, 5.74) is 8.21. The monoisotopic (exact) mass is 1240 g/mol. The van der Waals surface area contributed by atoms with E-state index < -0.39 is 0 Å². The predicted molar refractivity (Wildman–Crippen MR) is 382 cm³/mol. The van der Waals surface area contributed by atoms with E-state index >= 15 is 0 Å². The highest BCUT2D eigenvalue weighted by Crippen LogP contribution is 2.43. The summed E-state index contributed by atoms with van der Waals surface area (Å²) in [6.07, 6.45) is 60.9. The van der Waals surface area contributed by atoms with Crippen molar-refractivity contribution >= 4 is 18.1 Å². The summed E-state index contributed by atoms with van der Waals surface area (Å²) in [5.74, 6) is 2.48. The molecule has 0 fully saturated rings. The second kappa shape index (κ2) is 55.4. The lowest BCUT2D eigenvalue weighted by molar-refractivity contribution is 0.256. The number of unbranched alkanes of at least 4 members (excludes halogenated alkanes) is 40. The van der Waals surface area contributed by atoms with Crippen LogP contribution in [0, 0.1) is 13.8 Å². The maximum Gasteiger partial charge on any atom is 0.155 e. The fraction of sp³-hybridized carbons (Fsp3) is 0.846. The third-order valence-corrected chi connectivity index (χ3v) is 19.2. The molecule has 0 N–H and O–H groups in total. The lowest BCUT2D eigenvalue weighted by Crippen LogP contribution is -2.18. The molecule has 2 aromatic carbocycles. The molecule has 0 aromatic heterocycles. The molecule has 0 bridgehead atoms. The fourth-order valence-electron chi connectivity index (χ4n) is 12.4. The number of aryl methyl sites for hydroxylation is 2. The Morgan fingerprint density at radius 1 is 0.291 bits per heavy atom. The molecular weight excluding hydrogens is 1090 g/mol. The van der Waals surface area contributed by atoms with Crippen LogP contribution in [0.2, 0.25) is 0 Å². The van der Waals surface area contributed by atoms with Gasteiger partial charge in [0, 0.05) is 5.92 Å². The van der Waals surface area contributed by atoms with Crippen molar-refractivity contribution in [1.29, 1.82) is 0 Å². The summed E-state index contributed by atoms with van der Waals surface area (Å²) >= 11 is 0. The Labute approximate surface area is 539 Å². The normalized spacial score (nSPS) is 12.7. The highest BCUT2D eigenvalue weighted by atomic mass is 31.1. The molecule has 0 aliphatic heterocycles. The van der Waals surface area contributed by atoms with E-state index in [9.17, 15) is 0 Å². The maximum atomic E-state index is 6.70. The molecule has 0 spiro atoms. The van der Waals surface area contributed by atoms with Gasteiger partial charge >= 0.3 is 0 Å². The Morgan fingerprint density at radius 2 is 0.512 bits per heavy atom. The van der Waals surface area contributed by atoms with Gasteiger partial charge in [0.05, 0.1) is 39.6 Å². The molecule has 2 unspecified atom stereocenters. The number of hydrogen-bond donors (Lipinski definition) is 0. The number of rotatable bonds is 62. The van der Waals surface area contributed by atoms with Crippen LogP contribution < -0.4 is 9.47 Å². The molecule has 8 heteroatoms. The van der Waals surface area contributed by atoms with Crippen LogP contribution in [0.1, 0.15) is 397 Å². The Bertz CT molecular complexity index is 1690. The van der Waals surface area contributed by atoms with Crippen molar-refractivity contribution in [2.75, 3.05) is 39.6 Å². The summed E-state index contributed by atoms with van der Waals surface area (Å²) < 4.78 is 36.4. The van der Waals surface area contributed by atoms with E-state index in [1.165, 1.54) is 290 Å². The topological polar surface area (TPSA) is 55.4 Å². The SMILES string of the molecule is CCCCCCCCCCCCCOPOCCCCCCCCCCCCCOc1cc(C)c(C(CCC)c2cc(C(C)(C)C)c(OCCCCCCCCCCCCCOPOCCCCCCCCCCCCC)cc2C)cc1C(C)(C)C.